The van der Waals surface area contributed by atoms with Gasteiger partial charge in [-0.2, -0.15) is 0 Å². The van der Waals surface area contributed by atoms with Crippen LogP contribution in [-0.4, -0.2) is 46.6 Å². The van der Waals surface area contributed by atoms with Crippen LogP contribution in [0.5, 0.6) is 0 Å². The highest BCUT2D eigenvalue weighted by atomic mass is 16.5. The molecule has 1 saturated carbocycles. The van der Waals surface area contributed by atoms with E-state index in [1.807, 2.05) is 12.4 Å². The van der Waals surface area contributed by atoms with Crippen LogP contribution in [0.4, 0.5) is 0 Å². The number of hydrogen-bond acceptors (Lipinski definition) is 5. The second kappa shape index (κ2) is 6.16. The molecule has 2 fully saturated rings. The molecule has 0 amide bonds. The molecule has 0 radical (unpaired) electrons. The van der Waals surface area contributed by atoms with Crippen molar-refractivity contribution in [3.05, 3.63) is 23.8 Å². The summed E-state index contributed by atoms with van der Waals surface area (Å²) in [6.07, 6.45) is 6.47. The van der Waals surface area contributed by atoms with Crippen LogP contribution in [0.1, 0.15) is 44.2 Å². The van der Waals surface area contributed by atoms with Gasteiger partial charge in [0, 0.05) is 49.7 Å². The van der Waals surface area contributed by atoms with Crippen LogP contribution < -0.4 is 5.32 Å². The van der Waals surface area contributed by atoms with Crippen molar-refractivity contribution in [1.29, 1.82) is 0 Å². The Morgan fingerprint density at radius 3 is 2.75 bits per heavy atom. The summed E-state index contributed by atoms with van der Waals surface area (Å²) in [5.41, 5.74) is 1.15. The Balaban J connectivity index is 1.58. The number of nitrogens with zero attached hydrogens (tertiary/aromatic N) is 3. The highest BCUT2D eigenvalue weighted by Gasteiger charge is 2.25. The van der Waals surface area contributed by atoms with Gasteiger partial charge in [-0.25, -0.2) is 9.97 Å². The third kappa shape index (κ3) is 3.53. The minimum Gasteiger partial charge on any atom is -0.368 e. The minimum absolute atomic E-state index is 0.0107. The lowest BCUT2D eigenvalue weighted by atomic mass is 10.2. The van der Waals surface area contributed by atoms with Crippen molar-refractivity contribution in [2.45, 2.75) is 51.4 Å². The first-order valence-electron chi connectivity index (χ1n) is 7.62. The zero-order valence-electron chi connectivity index (χ0n) is 12.4. The van der Waals surface area contributed by atoms with Crippen LogP contribution in [0.2, 0.25) is 0 Å². The van der Waals surface area contributed by atoms with Gasteiger partial charge in [0.15, 0.2) is 5.82 Å². The zero-order valence-corrected chi connectivity index (χ0v) is 12.4. The number of nitrogens with one attached hydrogen (secondary N) is 1. The van der Waals surface area contributed by atoms with Gasteiger partial charge in [-0.15, -0.1) is 0 Å². The van der Waals surface area contributed by atoms with E-state index in [4.69, 9.17) is 4.74 Å². The summed E-state index contributed by atoms with van der Waals surface area (Å²) in [5, 5.41) is 3.47. The summed E-state index contributed by atoms with van der Waals surface area (Å²) in [6.45, 7) is 7.95. The summed E-state index contributed by atoms with van der Waals surface area (Å²) in [4.78, 5) is 11.4. The van der Waals surface area contributed by atoms with Gasteiger partial charge in [0.05, 0.1) is 6.61 Å². The number of morpholine rings is 1. The fourth-order valence-corrected chi connectivity index (χ4v) is 2.47. The maximum absolute atomic E-state index is 5.81. The number of rotatable bonds is 5. The van der Waals surface area contributed by atoms with Gasteiger partial charge in [0.1, 0.15) is 6.10 Å². The first kappa shape index (κ1) is 13.9. The van der Waals surface area contributed by atoms with Crippen molar-refractivity contribution in [2.24, 2.45) is 0 Å². The summed E-state index contributed by atoms with van der Waals surface area (Å²) < 4.78 is 5.81. The molecule has 2 heterocycles. The molecule has 2 aliphatic rings. The number of hydrogen-bond donors (Lipinski definition) is 1. The van der Waals surface area contributed by atoms with Crippen LogP contribution in [0.15, 0.2) is 12.4 Å². The normalized spacial score (nSPS) is 24.2. The van der Waals surface area contributed by atoms with Crippen molar-refractivity contribution in [1.82, 2.24) is 20.2 Å². The van der Waals surface area contributed by atoms with E-state index in [9.17, 15) is 0 Å². The monoisotopic (exact) mass is 276 g/mol. The summed E-state index contributed by atoms with van der Waals surface area (Å²) in [7, 11) is 0. The molecule has 0 aromatic carbocycles. The van der Waals surface area contributed by atoms with E-state index in [2.05, 4.69) is 34.0 Å². The first-order chi connectivity index (χ1) is 9.72. The summed E-state index contributed by atoms with van der Waals surface area (Å²) >= 11 is 0. The molecule has 1 aliphatic heterocycles. The Bertz CT molecular complexity index is 430. The average Bonchev–Trinajstić information content (AvgIpc) is 3.30. The Morgan fingerprint density at radius 2 is 2.10 bits per heavy atom. The van der Waals surface area contributed by atoms with Crippen LogP contribution >= 0.6 is 0 Å². The van der Waals surface area contributed by atoms with Crippen molar-refractivity contribution in [3.63, 3.8) is 0 Å². The van der Waals surface area contributed by atoms with Gasteiger partial charge in [0.2, 0.25) is 0 Å². The van der Waals surface area contributed by atoms with Gasteiger partial charge in [0.25, 0.3) is 0 Å². The lowest BCUT2D eigenvalue weighted by Gasteiger charge is -2.34. The SMILES string of the molecule is CC(C)N1CCOC(c2ncc(CNC3CC3)cn2)C1. The Labute approximate surface area is 120 Å². The molecule has 20 heavy (non-hydrogen) atoms. The van der Waals surface area contributed by atoms with Gasteiger partial charge >= 0.3 is 0 Å². The maximum Gasteiger partial charge on any atom is 0.158 e. The molecule has 5 heteroatoms. The third-order valence-electron chi connectivity index (χ3n) is 4.01. The zero-order chi connectivity index (χ0) is 13.9. The smallest absolute Gasteiger partial charge is 0.158 e. The number of aromatic nitrogens is 2. The predicted octanol–water partition coefficient (Wildman–Crippen LogP) is 1.51. The van der Waals surface area contributed by atoms with E-state index >= 15 is 0 Å². The van der Waals surface area contributed by atoms with Gasteiger partial charge in [-0.05, 0) is 26.7 Å². The molecule has 1 saturated heterocycles. The predicted molar refractivity (Wildman–Crippen MR) is 77.3 cm³/mol. The highest BCUT2D eigenvalue weighted by molar-refractivity contribution is 5.07. The lowest BCUT2D eigenvalue weighted by Crippen LogP contribution is -2.42. The maximum atomic E-state index is 5.81. The largest absolute Gasteiger partial charge is 0.368 e. The van der Waals surface area contributed by atoms with Crippen molar-refractivity contribution >= 4 is 0 Å². The quantitative estimate of drug-likeness (QED) is 0.883. The van der Waals surface area contributed by atoms with E-state index < -0.39 is 0 Å². The molecule has 1 atom stereocenters. The van der Waals surface area contributed by atoms with E-state index in [1.54, 1.807) is 0 Å². The van der Waals surface area contributed by atoms with Crippen molar-refractivity contribution in [3.8, 4) is 0 Å². The second-order valence-electron chi connectivity index (χ2n) is 6.05. The second-order valence-corrected chi connectivity index (χ2v) is 6.05. The Hall–Kier alpha value is -1.04. The van der Waals surface area contributed by atoms with Crippen molar-refractivity contribution in [2.75, 3.05) is 19.7 Å². The highest BCUT2D eigenvalue weighted by Crippen LogP contribution is 2.21. The molecule has 0 bridgehead atoms. The molecule has 5 nitrogen and oxygen atoms in total. The first-order valence-corrected chi connectivity index (χ1v) is 7.62. The topological polar surface area (TPSA) is 50.3 Å². The van der Waals surface area contributed by atoms with Gasteiger partial charge in [-0.1, -0.05) is 0 Å². The van der Waals surface area contributed by atoms with Crippen molar-refractivity contribution < 1.29 is 4.74 Å². The minimum atomic E-state index is 0.0107. The van der Waals surface area contributed by atoms with E-state index in [0.29, 0.717) is 6.04 Å². The van der Waals surface area contributed by atoms with Gasteiger partial charge < -0.3 is 10.1 Å². The van der Waals surface area contributed by atoms with E-state index in [-0.39, 0.29) is 6.10 Å². The lowest BCUT2D eigenvalue weighted by molar-refractivity contribution is -0.0443. The molecule has 0 spiro atoms. The van der Waals surface area contributed by atoms with E-state index in [1.165, 1.54) is 12.8 Å². The van der Waals surface area contributed by atoms with E-state index in [0.717, 1.165) is 43.7 Å². The molecule has 1 unspecified atom stereocenters. The van der Waals surface area contributed by atoms with Crippen LogP contribution in [-0.2, 0) is 11.3 Å². The summed E-state index contributed by atoms with van der Waals surface area (Å²) in [5.74, 6) is 0.811. The molecule has 1 aromatic rings. The Kier molecular flexibility index (Phi) is 4.29. The average molecular weight is 276 g/mol. The van der Waals surface area contributed by atoms with Crippen LogP contribution in [0, 0.1) is 0 Å². The standard InChI is InChI=1S/C15H24N4O/c1-11(2)19-5-6-20-14(10-19)15-17-8-12(9-18-15)7-16-13-3-4-13/h8-9,11,13-14,16H,3-7,10H2,1-2H3. The van der Waals surface area contributed by atoms with Gasteiger partial charge in [-0.3, -0.25) is 4.90 Å². The van der Waals surface area contributed by atoms with Crippen LogP contribution in [0.3, 0.4) is 0 Å². The molecular formula is C15H24N4O. The Morgan fingerprint density at radius 1 is 1.35 bits per heavy atom. The third-order valence-corrected chi connectivity index (χ3v) is 4.01. The molecule has 110 valence electrons. The number of ether oxygens (including phenoxy) is 1. The summed E-state index contributed by atoms with van der Waals surface area (Å²) in [6, 6.07) is 1.26. The fraction of sp³-hybridized carbons (Fsp3) is 0.733. The molecule has 1 aliphatic carbocycles. The molecule has 1 aromatic heterocycles. The van der Waals surface area contributed by atoms with Crippen LogP contribution in [0.25, 0.3) is 0 Å². The molecule has 1 N–H and O–H groups in total. The fourth-order valence-electron chi connectivity index (χ4n) is 2.47. The molecular weight excluding hydrogens is 252 g/mol. The molecule has 3 rings (SSSR count).